The number of pyridine rings is 1. The zero-order chi connectivity index (χ0) is 22.0. The topological polar surface area (TPSA) is 158 Å². The highest BCUT2D eigenvalue weighted by atomic mass is 16.5. The lowest BCUT2D eigenvalue weighted by Crippen LogP contribution is -2.32. The molecule has 0 saturated carbocycles. The number of hydrogen-bond acceptors (Lipinski definition) is 9. The molecule has 1 aromatic heterocycles. The Morgan fingerprint density at radius 3 is 2.55 bits per heavy atom. The number of benzene rings is 2. The third-order valence-electron chi connectivity index (χ3n) is 4.98. The molecule has 0 aliphatic carbocycles. The van der Waals surface area contributed by atoms with E-state index in [1.165, 1.54) is 0 Å². The SMILES string of the molecule is COc1ccc(-c2cccc(C3N=C(NC#N)Nc4nc(N)c(C#N)c(N)c43)c2)cc1. The van der Waals surface area contributed by atoms with E-state index in [4.69, 9.17) is 21.5 Å². The Bertz CT molecular complexity index is 1270. The number of ether oxygens (including phenoxy) is 1. The maximum absolute atomic E-state index is 9.46. The maximum Gasteiger partial charge on any atom is 0.211 e. The van der Waals surface area contributed by atoms with Gasteiger partial charge in [0.15, 0.2) is 6.19 Å². The molecular formula is C22H18N8O. The number of nitrogens with one attached hydrogen (secondary N) is 2. The van der Waals surface area contributed by atoms with E-state index in [0.717, 1.165) is 22.4 Å². The summed E-state index contributed by atoms with van der Waals surface area (Å²) in [4.78, 5) is 8.87. The molecule has 1 aliphatic rings. The van der Waals surface area contributed by atoms with Gasteiger partial charge in [-0.1, -0.05) is 30.3 Å². The second-order valence-electron chi connectivity index (χ2n) is 6.76. The number of nitrogens with two attached hydrogens (primary N) is 2. The van der Waals surface area contributed by atoms with Gasteiger partial charge in [0, 0.05) is 5.56 Å². The Balaban J connectivity index is 1.85. The van der Waals surface area contributed by atoms with Crippen LogP contribution in [-0.4, -0.2) is 18.1 Å². The average molecular weight is 410 g/mol. The minimum absolute atomic E-state index is 0.00944. The molecule has 31 heavy (non-hydrogen) atoms. The lowest BCUT2D eigenvalue weighted by atomic mass is 9.93. The normalized spacial score (nSPS) is 14.3. The Hall–Kier alpha value is -4.76. The van der Waals surface area contributed by atoms with Crippen molar-refractivity contribution in [3.63, 3.8) is 0 Å². The predicted molar refractivity (Wildman–Crippen MR) is 118 cm³/mol. The zero-order valence-corrected chi connectivity index (χ0v) is 16.5. The van der Waals surface area contributed by atoms with E-state index >= 15 is 0 Å². The monoisotopic (exact) mass is 410 g/mol. The number of anilines is 3. The number of hydrogen-bond donors (Lipinski definition) is 4. The van der Waals surface area contributed by atoms with Crippen LogP contribution in [-0.2, 0) is 0 Å². The Labute approximate surface area is 178 Å². The van der Waals surface area contributed by atoms with Gasteiger partial charge in [-0.25, -0.2) is 9.98 Å². The quantitative estimate of drug-likeness (QED) is 0.379. The molecule has 0 radical (unpaired) electrons. The van der Waals surface area contributed by atoms with E-state index in [2.05, 4.69) is 20.6 Å². The van der Waals surface area contributed by atoms with Crippen LogP contribution in [0, 0.1) is 22.8 Å². The van der Waals surface area contributed by atoms with E-state index < -0.39 is 6.04 Å². The van der Waals surface area contributed by atoms with E-state index in [9.17, 15) is 5.26 Å². The lowest BCUT2D eigenvalue weighted by molar-refractivity contribution is 0.415. The smallest absolute Gasteiger partial charge is 0.211 e. The molecule has 3 aromatic rings. The van der Waals surface area contributed by atoms with E-state index in [0.29, 0.717) is 11.4 Å². The molecule has 1 atom stereocenters. The molecule has 1 unspecified atom stereocenters. The molecule has 9 heteroatoms. The Morgan fingerprint density at radius 1 is 1.10 bits per heavy atom. The Kier molecular flexibility index (Phi) is 5.00. The second-order valence-corrected chi connectivity index (χ2v) is 6.76. The van der Waals surface area contributed by atoms with Gasteiger partial charge in [0.2, 0.25) is 5.96 Å². The minimum atomic E-state index is -0.592. The summed E-state index contributed by atoms with van der Waals surface area (Å²) in [7, 11) is 1.62. The van der Waals surface area contributed by atoms with Crippen molar-refractivity contribution in [1.29, 1.82) is 10.5 Å². The number of nitriles is 2. The van der Waals surface area contributed by atoms with Gasteiger partial charge in [-0.2, -0.15) is 10.5 Å². The first-order valence-electron chi connectivity index (χ1n) is 9.29. The maximum atomic E-state index is 9.46. The zero-order valence-electron chi connectivity index (χ0n) is 16.5. The fraction of sp³-hybridized carbons (Fsp3) is 0.0909. The number of nitrogens with zero attached hydrogens (tertiary/aromatic N) is 4. The largest absolute Gasteiger partial charge is 0.497 e. The van der Waals surface area contributed by atoms with Crippen LogP contribution >= 0.6 is 0 Å². The van der Waals surface area contributed by atoms with Crippen LogP contribution in [0.5, 0.6) is 5.75 Å². The van der Waals surface area contributed by atoms with Crippen LogP contribution in [0.15, 0.2) is 53.5 Å². The van der Waals surface area contributed by atoms with E-state index in [1.807, 2.05) is 60.8 Å². The third kappa shape index (κ3) is 3.52. The van der Waals surface area contributed by atoms with Gasteiger partial charge < -0.3 is 21.5 Å². The second kappa shape index (κ2) is 7.93. The average Bonchev–Trinajstić information content (AvgIpc) is 2.79. The summed E-state index contributed by atoms with van der Waals surface area (Å²) < 4.78 is 5.23. The molecule has 4 rings (SSSR count). The molecule has 9 nitrogen and oxygen atoms in total. The highest BCUT2D eigenvalue weighted by Gasteiger charge is 2.29. The number of methoxy groups -OCH3 is 1. The molecule has 0 fully saturated rings. The predicted octanol–water partition coefficient (Wildman–Crippen LogP) is 2.73. The molecule has 152 valence electrons. The summed E-state index contributed by atoms with van der Waals surface area (Å²) in [6.07, 6.45) is 1.84. The first-order valence-corrected chi connectivity index (χ1v) is 9.29. The van der Waals surface area contributed by atoms with E-state index in [-0.39, 0.29) is 23.0 Å². The molecule has 2 aromatic carbocycles. The number of rotatable bonds is 3. The van der Waals surface area contributed by atoms with Crippen molar-refractivity contribution in [3.05, 3.63) is 65.2 Å². The van der Waals surface area contributed by atoms with Crippen molar-refractivity contribution in [2.45, 2.75) is 6.04 Å². The molecule has 0 amide bonds. The van der Waals surface area contributed by atoms with Crippen molar-refractivity contribution in [1.82, 2.24) is 10.3 Å². The fourth-order valence-corrected chi connectivity index (χ4v) is 3.49. The summed E-state index contributed by atoms with van der Waals surface area (Å²) in [6.45, 7) is 0. The number of aromatic nitrogens is 1. The van der Waals surface area contributed by atoms with Crippen LogP contribution in [0.4, 0.5) is 17.3 Å². The molecule has 6 N–H and O–H groups in total. The van der Waals surface area contributed by atoms with Crippen LogP contribution in [0.1, 0.15) is 22.7 Å². The molecular weight excluding hydrogens is 392 g/mol. The van der Waals surface area contributed by atoms with Gasteiger partial charge in [0.1, 0.15) is 35.1 Å². The summed E-state index contributed by atoms with van der Waals surface area (Å²) >= 11 is 0. The Morgan fingerprint density at radius 2 is 1.87 bits per heavy atom. The number of nitrogen functional groups attached to an aromatic ring is 2. The first kappa shape index (κ1) is 19.6. The molecule has 2 heterocycles. The molecule has 1 aliphatic heterocycles. The van der Waals surface area contributed by atoms with Gasteiger partial charge >= 0.3 is 0 Å². The highest BCUT2D eigenvalue weighted by Crippen LogP contribution is 2.41. The summed E-state index contributed by atoms with van der Waals surface area (Å²) in [5.41, 5.74) is 15.8. The van der Waals surface area contributed by atoms with Crippen molar-refractivity contribution in [2.75, 3.05) is 23.9 Å². The van der Waals surface area contributed by atoms with E-state index in [1.54, 1.807) is 7.11 Å². The van der Waals surface area contributed by atoms with Crippen molar-refractivity contribution < 1.29 is 4.74 Å². The van der Waals surface area contributed by atoms with Crippen molar-refractivity contribution >= 4 is 23.3 Å². The fourth-order valence-electron chi connectivity index (χ4n) is 3.49. The molecule has 0 bridgehead atoms. The van der Waals surface area contributed by atoms with Crippen LogP contribution in [0.25, 0.3) is 11.1 Å². The van der Waals surface area contributed by atoms with Gasteiger partial charge in [0.25, 0.3) is 0 Å². The summed E-state index contributed by atoms with van der Waals surface area (Å²) in [5, 5.41) is 23.9. The highest BCUT2D eigenvalue weighted by molar-refractivity contribution is 5.98. The number of aliphatic imine (C=N–C) groups is 1. The van der Waals surface area contributed by atoms with Crippen molar-refractivity contribution in [2.24, 2.45) is 4.99 Å². The van der Waals surface area contributed by atoms with Crippen LogP contribution in [0.2, 0.25) is 0 Å². The molecule has 0 saturated heterocycles. The standard InChI is InChI=1S/C22H18N8O/c1-31-15-7-5-12(6-8-15)13-3-2-4-14(9-13)19-17-18(25)16(10-23)20(26)29-21(17)30-22(28-19)27-11-24/h2-9,19H,1H3,(H6,25,26,27,28,29,30). The van der Waals surface area contributed by atoms with Crippen LogP contribution < -0.4 is 26.8 Å². The van der Waals surface area contributed by atoms with Crippen LogP contribution in [0.3, 0.4) is 0 Å². The lowest BCUT2D eigenvalue weighted by Gasteiger charge is -2.26. The number of guanidine groups is 1. The third-order valence-corrected chi connectivity index (χ3v) is 4.98. The summed E-state index contributed by atoms with van der Waals surface area (Å²) in [6, 6.07) is 16.9. The van der Waals surface area contributed by atoms with Gasteiger partial charge in [-0.05, 0) is 34.9 Å². The summed E-state index contributed by atoms with van der Waals surface area (Å²) in [5.74, 6) is 1.34. The van der Waals surface area contributed by atoms with Gasteiger partial charge in [-0.3, -0.25) is 5.32 Å². The number of fused-ring (bicyclic) bond motifs is 1. The minimum Gasteiger partial charge on any atom is -0.497 e. The van der Waals surface area contributed by atoms with Gasteiger partial charge in [-0.15, -0.1) is 0 Å². The first-order chi connectivity index (χ1) is 15.0. The molecule has 0 spiro atoms. The van der Waals surface area contributed by atoms with Crippen molar-refractivity contribution in [3.8, 4) is 29.1 Å². The van der Waals surface area contributed by atoms with Gasteiger partial charge in [0.05, 0.1) is 12.8 Å².